The Morgan fingerprint density at radius 2 is 2.12 bits per heavy atom. The maximum atomic E-state index is 4.20. The molecule has 1 aromatic rings. The molecule has 0 aliphatic heterocycles. The first kappa shape index (κ1) is 14.0. The molecule has 0 saturated heterocycles. The van der Waals surface area contributed by atoms with Crippen LogP contribution >= 0.6 is 0 Å². The molecular formula is C14H25N3. The molecule has 17 heavy (non-hydrogen) atoms. The van der Waals surface area contributed by atoms with Gasteiger partial charge in [0.2, 0.25) is 0 Å². The molecule has 3 heteroatoms. The second kappa shape index (κ2) is 6.60. The van der Waals surface area contributed by atoms with Crippen molar-refractivity contribution in [3.63, 3.8) is 0 Å². The van der Waals surface area contributed by atoms with Gasteiger partial charge in [0.15, 0.2) is 0 Å². The van der Waals surface area contributed by atoms with E-state index in [2.05, 4.69) is 55.6 Å². The van der Waals surface area contributed by atoms with E-state index in [-0.39, 0.29) is 0 Å². The summed E-state index contributed by atoms with van der Waals surface area (Å²) in [4.78, 5) is 4.20. The predicted octanol–water partition coefficient (Wildman–Crippen LogP) is 3.11. The predicted molar refractivity (Wildman–Crippen MR) is 74.0 cm³/mol. The number of nitrogens with one attached hydrogen (secondary N) is 1. The van der Waals surface area contributed by atoms with Gasteiger partial charge in [-0.05, 0) is 39.3 Å². The lowest BCUT2D eigenvalue weighted by Crippen LogP contribution is -2.21. The maximum Gasteiger partial charge on any atom is 0.0953 e. The van der Waals surface area contributed by atoms with Crippen molar-refractivity contribution in [2.45, 2.75) is 40.7 Å². The summed E-state index contributed by atoms with van der Waals surface area (Å²) in [5.74, 6) is 0.698. The quantitative estimate of drug-likeness (QED) is 0.821. The molecule has 0 unspecified atom stereocenters. The van der Waals surface area contributed by atoms with E-state index in [4.69, 9.17) is 0 Å². The maximum absolute atomic E-state index is 4.20. The van der Waals surface area contributed by atoms with Crippen LogP contribution in [0.15, 0.2) is 18.1 Å². The van der Waals surface area contributed by atoms with Crippen LogP contribution in [0.2, 0.25) is 0 Å². The summed E-state index contributed by atoms with van der Waals surface area (Å²) in [5.41, 5.74) is 2.52. The first-order valence-corrected chi connectivity index (χ1v) is 6.40. The van der Waals surface area contributed by atoms with Crippen molar-refractivity contribution in [3.8, 4) is 0 Å². The molecule has 1 N–H and O–H groups in total. The molecule has 0 saturated carbocycles. The summed E-state index contributed by atoms with van der Waals surface area (Å²) in [6.07, 6.45) is 6.03. The highest BCUT2D eigenvalue weighted by atomic mass is 15.1. The summed E-state index contributed by atoms with van der Waals surface area (Å²) in [6.45, 7) is 13.0. The number of rotatable bonds is 6. The lowest BCUT2D eigenvalue weighted by atomic mass is 10.2. The molecule has 0 aliphatic carbocycles. The SMILES string of the molecule is CC(=Cc1cncn1C(C)C)CNCC(C)C. The first-order chi connectivity index (χ1) is 8.00. The number of hydrogen-bond donors (Lipinski definition) is 1. The minimum atomic E-state index is 0.458. The second-order valence-corrected chi connectivity index (χ2v) is 5.33. The van der Waals surface area contributed by atoms with E-state index in [1.807, 2.05) is 12.5 Å². The fourth-order valence-electron chi connectivity index (χ4n) is 1.72. The van der Waals surface area contributed by atoms with Gasteiger partial charge in [0, 0.05) is 12.6 Å². The highest BCUT2D eigenvalue weighted by Gasteiger charge is 2.03. The van der Waals surface area contributed by atoms with Crippen LogP contribution in [0.25, 0.3) is 6.08 Å². The van der Waals surface area contributed by atoms with Crippen LogP contribution in [0.1, 0.15) is 46.4 Å². The Kier molecular flexibility index (Phi) is 5.42. The van der Waals surface area contributed by atoms with Crippen molar-refractivity contribution in [2.24, 2.45) is 5.92 Å². The van der Waals surface area contributed by atoms with Crippen LogP contribution in [0.3, 0.4) is 0 Å². The van der Waals surface area contributed by atoms with Crippen molar-refractivity contribution in [3.05, 3.63) is 23.8 Å². The van der Waals surface area contributed by atoms with Gasteiger partial charge in [-0.25, -0.2) is 4.98 Å². The Balaban J connectivity index is 2.58. The summed E-state index contributed by atoms with van der Waals surface area (Å²) < 4.78 is 2.19. The van der Waals surface area contributed by atoms with Gasteiger partial charge in [-0.3, -0.25) is 0 Å². The summed E-state index contributed by atoms with van der Waals surface area (Å²) >= 11 is 0. The van der Waals surface area contributed by atoms with Crippen molar-refractivity contribution in [2.75, 3.05) is 13.1 Å². The molecule has 0 aliphatic rings. The lowest BCUT2D eigenvalue weighted by Gasteiger charge is -2.11. The topological polar surface area (TPSA) is 29.9 Å². The average molecular weight is 235 g/mol. The number of imidazole rings is 1. The van der Waals surface area contributed by atoms with E-state index in [0.29, 0.717) is 12.0 Å². The van der Waals surface area contributed by atoms with Crippen LogP contribution < -0.4 is 5.32 Å². The van der Waals surface area contributed by atoms with E-state index in [1.54, 1.807) is 0 Å². The highest BCUT2D eigenvalue weighted by Crippen LogP contribution is 2.12. The first-order valence-electron chi connectivity index (χ1n) is 6.40. The van der Waals surface area contributed by atoms with Gasteiger partial charge in [0.05, 0.1) is 18.2 Å². The van der Waals surface area contributed by atoms with Crippen LogP contribution in [-0.2, 0) is 0 Å². The number of hydrogen-bond acceptors (Lipinski definition) is 2. The Morgan fingerprint density at radius 3 is 2.71 bits per heavy atom. The zero-order chi connectivity index (χ0) is 12.8. The number of aromatic nitrogens is 2. The largest absolute Gasteiger partial charge is 0.329 e. The molecule has 3 nitrogen and oxygen atoms in total. The van der Waals surface area contributed by atoms with E-state index in [0.717, 1.165) is 13.1 Å². The number of nitrogens with zero attached hydrogens (tertiary/aromatic N) is 2. The van der Waals surface area contributed by atoms with Crippen molar-refractivity contribution < 1.29 is 0 Å². The molecule has 0 radical (unpaired) electrons. The van der Waals surface area contributed by atoms with E-state index in [9.17, 15) is 0 Å². The highest BCUT2D eigenvalue weighted by molar-refractivity contribution is 5.48. The van der Waals surface area contributed by atoms with Gasteiger partial charge in [0.1, 0.15) is 0 Å². The lowest BCUT2D eigenvalue weighted by molar-refractivity contribution is 0.571. The average Bonchev–Trinajstić information content (AvgIpc) is 2.65. The van der Waals surface area contributed by atoms with Gasteiger partial charge < -0.3 is 9.88 Å². The Bertz CT molecular complexity index is 361. The smallest absolute Gasteiger partial charge is 0.0953 e. The molecule has 96 valence electrons. The molecular weight excluding hydrogens is 210 g/mol. The van der Waals surface area contributed by atoms with Gasteiger partial charge in [-0.15, -0.1) is 0 Å². The summed E-state index contributed by atoms with van der Waals surface area (Å²) in [6, 6.07) is 0.458. The monoisotopic (exact) mass is 235 g/mol. The van der Waals surface area contributed by atoms with Crippen molar-refractivity contribution >= 4 is 6.08 Å². The molecule has 1 heterocycles. The van der Waals surface area contributed by atoms with Gasteiger partial charge >= 0.3 is 0 Å². The van der Waals surface area contributed by atoms with E-state index >= 15 is 0 Å². The molecule has 1 rings (SSSR count). The molecule has 0 aromatic carbocycles. The Hall–Kier alpha value is -1.09. The van der Waals surface area contributed by atoms with Crippen LogP contribution in [0.4, 0.5) is 0 Å². The molecule has 1 aromatic heterocycles. The van der Waals surface area contributed by atoms with Crippen LogP contribution in [0.5, 0.6) is 0 Å². The molecule has 0 atom stereocenters. The Labute approximate surface area is 105 Å². The van der Waals surface area contributed by atoms with Crippen molar-refractivity contribution in [1.82, 2.24) is 14.9 Å². The fourth-order valence-corrected chi connectivity index (χ4v) is 1.72. The molecule has 0 amide bonds. The van der Waals surface area contributed by atoms with Crippen LogP contribution in [0, 0.1) is 5.92 Å². The summed E-state index contributed by atoms with van der Waals surface area (Å²) in [7, 11) is 0. The molecule has 0 spiro atoms. The second-order valence-electron chi connectivity index (χ2n) is 5.33. The third-order valence-electron chi connectivity index (χ3n) is 2.60. The molecule has 0 bridgehead atoms. The minimum Gasteiger partial charge on any atom is -0.329 e. The zero-order valence-corrected chi connectivity index (χ0v) is 11.7. The standard InChI is InChI=1S/C14H25N3/c1-11(2)7-15-8-13(5)6-14-9-16-10-17(14)12(3)4/h6,9-12,15H,7-8H2,1-5H3. The van der Waals surface area contributed by atoms with E-state index in [1.165, 1.54) is 11.3 Å². The van der Waals surface area contributed by atoms with Crippen LogP contribution in [-0.4, -0.2) is 22.6 Å². The fraction of sp³-hybridized carbons (Fsp3) is 0.643. The Morgan fingerprint density at radius 1 is 1.41 bits per heavy atom. The summed E-state index contributed by atoms with van der Waals surface area (Å²) in [5, 5.41) is 3.45. The molecule has 0 fully saturated rings. The zero-order valence-electron chi connectivity index (χ0n) is 11.7. The van der Waals surface area contributed by atoms with E-state index < -0.39 is 0 Å². The van der Waals surface area contributed by atoms with Gasteiger partial charge in [0.25, 0.3) is 0 Å². The minimum absolute atomic E-state index is 0.458. The van der Waals surface area contributed by atoms with Gasteiger partial charge in [-0.2, -0.15) is 0 Å². The third kappa shape index (κ3) is 4.73. The van der Waals surface area contributed by atoms with Gasteiger partial charge in [-0.1, -0.05) is 19.4 Å². The van der Waals surface area contributed by atoms with Crippen molar-refractivity contribution in [1.29, 1.82) is 0 Å². The third-order valence-corrected chi connectivity index (χ3v) is 2.60. The normalized spacial score (nSPS) is 12.8.